The molecular formula is C13H25N3O3. The Hall–Kier alpha value is -1.30. The fourth-order valence-corrected chi connectivity index (χ4v) is 2.32. The van der Waals surface area contributed by atoms with Crippen molar-refractivity contribution in [3.8, 4) is 0 Å². The molecule has 2 amide bonds. The highest BCUT2D eigenvalue weighted by Gasteiger charge is 2.28. The molecule has 1 fully saturated rings. The molecule has 1 saturated heterocycles. The Morgan fingerprint density at radius 3 is 2.21 bits per heavy atom. The fourth-order valence-electron chi connectivity index (χ4n) is 2.32. The van der Waals surface area contributed by atoms with Crippen molar-refractivity contribution in [1.29, 1.82) is 0 Å². The van der Waals surface area contributed by atoms with Gasteiger partial charge in [-0.25, -0.2) is 4.79 Å². The van der Waals surface area contributed by atoms with E-state index in [0.717, 1.165) is 19.5 Å². The monoisotopic (exact) mass is 271 g/mol. The average Bonchev–Trinajstić information content (AvgIpc) is 2.43. The normalized spacial score (nSPS) is 18.2. The van der Waals surface area contributed by atoms with Crippen molar-refractivity contribution in [1.82, 2.24) is 14.7 Å². The van der Waals surface area contributed by atoms with Crippen molar-refractivity contribution in [2.45, 2.75) is 33.2 Å². The van der Waals surface area contributed by atoms with Crippen LogP contribution in [0.2, 0.25) is 0 Å². The lowest BCUT2D eigenvalue weighted by Crippen LogP contribution is -2.55. The summed E-state index contributed by atoms with van der Waals surface area (Å²) < 4.78 is 0. The summed E-state index contributed by atoms with van der Waals surface area (Å²) in [5.41, 5.74) is 0. The van der Waals surface area contributed by atoms with E-state index in [1.807, 2.05) is 21.6 Å². The number of piperazine rings is 1. The maximum absolute atomic E-state index is 12.2. The molecule has 0 aromatic rings. The number of urea groups is 1. The molecule has 110 valence electrons. The summed E-state index contributed by atoms with van der Waals surface area (Å²) >= 11 is 0. The number of hydrogen-bond acceptors (Lipinski definition) is 3. The second kappa shape index (κ2) is 7.33. The van der Waals surface area contributed by atoms with Crippen LogP contribution in [0.1, 0.15) is 27.2 Å². The number of rotatable bonds is 5. The molecule has 1 N–H and O–H groups in total. The number of carboxylic acid groups (broad SMARTS) is 1. The van der Waals surface area contributed by atoms with Crippen molar-refractivity contribution in [2.24, 2.45) is 0 Å². The van der Waals surface area contributed by atoms with Gasteiger partial charge in [-0.15, -0.1) is 0 Å². The Morgan fingerprint density at radius 1 is 1.21 bits per heavy atom. The first-order chi connectivity index (χ1) is 9.01. The number of aliphatic carboxylic acids is 1. The number of nitrogens with zero attached hydrogens (tertiary/aromatic N) is 3. The lowest BCUT2D eigenvalue weighted by atomic mass is 10.2. The molecule has 0 aliphatic carbocycles. The summed E-state index contributed by atoms with van der Waals surface area (Å²) in [6.45, 7) is 9.70. The van der Waals surface area contributed by atoms with Gasteiger partial charge in [0.2, 0.25) is 0 Å². The van der Waals surface area contributed by atoms with E-state index in [0.29, 0.717) is 26.2 Å². The second-order valence-corrected chi connectivity index (χ2v) is 4.90. The van der Waals surface area contributed by atoms with Gasteiger partial charge in [-0.2, -0.15) is 0 Å². The smallest absolute Gasteiger partial charge is 0.320 e. The quantitative estimate of drug-likeness (QED) is 0.808. The van der Waals surface area contributed by atoms with Crippen LogP contribution in [0.5, 0.6) is 0 Å². The molecule has 0 aromatic carbocycles. The van der Waals surface area contributed by atoms with E-state index in [1.165, 1.54) is 0 Å². The summed E-state index contributed by atoms with van der Waals surface area (Å²) in [7, 11) is 0. The molecule has 1 heterocycles. The summed E-state index contributed by atoms with van der Waals surface area (Å²) in [4.78, 5) is 28.7. The Labute approximate surface area is 115 Å². The topological polar surface area (TPSA) is 64.1 Å². The highest BCUT2D eigenvalue weighted by atomic mass is 16.4. The molecule has 1 unspecified atom stereocenters. The van der Waals surface area contributed by atoms with Crippen molar-refractivity contribution in [3.05, 3.63) is 0 Å². The van der Waals surface area contributed by atoms with Gasteiger partial charge in [-0.3, -0.25) is 9.69 Å². The molecule has 1 atom stereocenters. The second-order valence-electron chi connectivity index (χ2n) is 4.90. The molecule has 6 heteroatoms. The van der Waals surface area contributed by atoms with Crippen LogP contribution in [0.3, 0.4) is 0 Å². The van der Waals surface area contributed by atoms with E-state index in [4.69, 9.17) is 5.11 Å². The molecule has 0 saturated carbocycles. The Kier molecular flexibility index (Phi) is 6.08. The zero-order chi connectivity index (χ0) is 14.4. The van der Waals surface area contributed by atoms with Crippen molar-refractivity contribution in [3.63, 3.8) is 0 Å². The molecule has 1 aliphatic heterocycles. The van der Waals surface area contributed by atoms with Crippen LogP contribution in [0, 0.1) is 0 Å². The van der Waals surface area contributed by atoms with Gasteiger partial charge < -0.3 is 14.9 Å². The number of hydrogen-bond donors (Lipinski definition) is 1. The maximum Gasteiger partial charge on any atom is 0.320 e. The molecule has 0 aromatic heterocycles. The molecule has 1 rings (SSSR count). The fraction of sp³-hybridized carbons (Fsp3) is 0.846. The molecular weight excluding hydrogens is 246 g/mol. The lowest BCUT2D eigenvalue weighted by molar-refractivity contribution is -0.143. The molecule has 6 nitrogen and oxygen atoms in total. The summed E-state index contributed by atoms with van der Waals surface area (Å²) in [5.74, 6) is -0.805. The molecule has 0 bridgehead atoms. The zero-order valence-corrected chi connectivity index (χ0v) is 12.1. The Balaban J connectivity index is 2.49. The predicted octanol–water partition coefficient (Wildman–Crippen LogP) is 0.929. The third kappa shape index (κ3) is 4.09. The van der Waals surface area contributed by atoms with Crippen LogP contribution in [-0.4, -0.2) is 77.1 Å². The van der Waals surface area contributed by atoms with E-state index < -0.39 is 12.0 Å². The first-order valence-electron chi connectivity index (χ1n) is 7.01. The van der Waals surface area contributed by atoms with Crippen molar-refractivity contribution in [2.75, 3.05) is 39.3 Å². The standard InChI is InChI=1S/C13H25N3O3/c1-4-6-14(5-2)13(19)16-9-7-15(8-10-16)11(3)12(17)18/h11H,4-10H2,1-3H3,(H,17,18). The largest absolute Gasteiger partial charge is 0.480 e. The van der Waals surface area contributed by atoms with Crippen LogP contribution in [0.15, 0.2) is 0 Å². The van der Waals surface area contributed by atoms with Crippen LogP contribution < -0.4 is 0 Å². The molecule has 0 radical (unpaired) electrons. The lowest BCUT2D eigenvalue weighted by Gasteiger charge is -2.38. The van der Waals surface area contributed by atoms with Gasteiger partial charge in [0, 0.05) is 39.3 Å². The Bertz CT molecular complexity index is 314. The highest BCUT2D eigenvalue weighted by Crippen LogP contribution is 2.09. The minimum Gasteiger partial charge on any atom is -0.480 e. The minimum absolute atomic E-state index is 0.0759. The van der Waals surface area contributed by atoms with Gasteiger partial charge in [-0.05, 0) is 20.3 Å². The van der Waals surface area contributed by atoms with E-state index in [1.54, 1.807) is 6.92 Å². The number of amides is 2. The van der Waals surface area contributed by atoms with Gasteiger partial charge in [0.25, 0.3) is 0 Å². The van der Waals surface area contributed by atoms with Crippen LogP contribution in [0.25, 0.3) is 0 Å². The van der Waals surface area contributed by atoms with Gasteiger partial charge in [-0.1, -0.05) is 6.92 Å². The zero-order valence-electron chi connectivity index (χ0n) is 12.1. The van der Waals surface area contributed by atoms with Gasteiger partial charge >= 0.3 is 12.0 Å². The number of carbonyl (C=O) groups is 2. The van der Waals surface area contributed by atoms with Gasteiger partial charge in [0.1, 0.15) is 6.04 Å². The van der Waals surface area contributed by atoms with Crippen molar-refractivity contribution >= 4 is 12.0 Å². The molecule has 19 heavy (non-hydrogen) atoms. The first kappa shape index (κ1) is 15.8. The third-order valence-electron chi connectivity index (χ3n) is 3.64. The van der Waals surface area contributed by atoms with Gasteiger partial charge in [0.15, 0.2) is 0 Å². The van der Waals surface area contributed by atoms with E-state index in [9.17, 15) is 9.59 Å². The average molecular weight is 271 g/mol. The van der Waals surface area contributed by atoms with Gasteiger partial charge in [0.05, 0.1) is 0 Å². The Morgan fingerprint density at radius 2 is 1.79 bits per heavy atom. The summed E-state index contributed by atoms with van der Waals surface area (Å²) in [5, 5.41) is 8.98. The summed E-state index contributed by atoms with van der Waals surface area (Å²) in [6, 6.07) is -0.401. The van der Waals surface area contributed by atoms with E-state index >= 15 is 0 Å². The van der Waals surface area contributed by atoms with Crippen LogP contribution in [-0.2, 0) is 4.79 Å². The third-order valence-corrected chi connectivity index (χ3v) is 3.64. The van der Waals surface area contributed by atoms with E-state index in [2.05, 4.69) is 6.92 Å². The number of carbonyl (C=O) groups excluding carboxylic acids is 1. The van der Waals surface area contributed by atoms with Crippen LogP contribution in [0.4, 0.5) is 4.79 Å². The number of carboxylic acids is 1. The summed E-state index contributed by atoms with van der Waals surface area (Å²) in [6.07, 6.45) is 0.954. The minimum atomic E-state index is -0.805. The van der Waals surface area contributed by atoms with Crippen molar-refractivity contribution < 1.29 is 14.7 Å². The van der Waals surface area contributed by atoms with E-state index in [-0.39, 0.29) is 6.03 Å². The molecule has 1 aliphatic rings. The SMILES string of the molecule is CCCN(CC)C(=O)N1CCN(C(C)C(=O)O)CC1. The predicted molar refractivity (Wildman–Crippen MR) is 73.2 cm³/mol. The maximum atomic E-state index is 12.2. The first-order valence-corrected chi connectivity index (χ1v) is 7.01. The highest BCUT2D eigenvalue weighted by molar-refractivity contribution is 5.75. The molecule has 0 spiro atoms. The van der Waals surface area contributed by atoms with Crippen LogP contribution >= 0.6 is 0 Å².